The monoisotopic (exact) mass is 642 g/mol. The van der Waals surface area contributed by atoms with Gasteiger partial charge in [-0.15, -0.1) is 0 Å². The molecule has 3 aliphatic rings. The molecule has 2 amide bonds. The first-order valence-corrected chi connectivity index (χ1v) is 16.6. The number of nitrogens with one attached hydrogen (secondary N) is 3. The molecule has 2 aromatic carbocycles. The first-order chi connectivity index (χ1) is 20.4. The number of halogens is 2. The average molecular weight is 644 g/mol. The smallest absolute Gasteiger partial charge is 0.256 e. The van der Waals surface area contributed by atoms with Crippen LogP contribution >= 0.6 is 23.2 Å². The minimum Gasteiger partial charge on any atom is -0.391 e. The van der Waals surface area contributed by atoms with Crippen LogP contribution in [-0.4, -0.2) is 66.5 Å². The van der Waals surface area contributed by atoms with Crippen molar-refractivity contribution in [3.63, 3.8) is 0 Å². The van der Waals surface area contributed by atoms with Gasteiger partial charge in [0.1, 0.15) is 0 Å². The lowest BCUT2D eigenvalue weighted by atomic mass is 10.0. The van der Waals surface area contributed by atoms with Crippen molar-refractivity contribution in [1.29, 1.82) is 0 Å². The first-order valence-electron chi connectivity index (χ1n) is 14.2. The lowest BCUT2D eigenvalue weighted by Crippen LogP contribution is -2.46. The molecule has 3 heterocycles. The van der Waals surface area contributed by atoms with E-state index >= 15 is 0 Å². The van der Waals surface area contributed by atoms with Crippen molar-refractivity contribution in [2.45, 2.75) is 61.9 Å². The minimum atomic E-state index is -3.86. The Morgan fingerprint density at radius 1 is 1.14 bits per heavy atom. The molecule has 43 heavy (non-hydrogen) atoms. The summed E-state index contributed by atoms with van der Waals surface area (Å²) in [5, 5.41) is 17.3. The Kier molecular flexibility index (Phi) is 7.93. The molecule has 0 unspecified atom stereocenters. The van der Waals surface area contributed by atoms with Crippen LogP contribution in [0, 0.1) is 13.8 Å². The van der Waals surface area contributed by atoms with Crippen molar-refractivity contribution < 1.29 is 23.1 Å². The van der Waals surface area contributed by atoms with E-state index in [4.69, 9.17) is 23.2 Å². The third kappa shape index (κ3) is 5.74. The van der Waals surface area contributed by atoms with Crippen molar-refractivity contribution in [3.05, 3.63) is 80.1 Å². The first kappa shape index (κ1) is 29.9. The predicted molar refractivity (Wildman–Crippen MR) is 167 cm³/mol. The number of benzene rings is 2. The van der Waals surface area contributed by atoms with Gasteiger partial charge >= 0.3 is 0 Å². The van der Waals surface area contributed by atoms with Crippen molar-refractivity contribution in [1.82, 2.24) is 15.2 Å². The van der Waals surface area contributed by atoms with Gasteiger partial charge in [-0.3, -0.25) is 9.59 Å². The Balaban J connectivity index is 1.30. The van der Waals surface area contributed by atoms with Crippen molar-refractivity contribution in [2.75, 3.05) is 18.4 Å². The van der Waals surface area contributed by atoms with Gasteiger partial charge in [0, 0.05) is 57.4 Å². The van der Waals surface area contributed by atoms with Gasteiger partial charge < -0.3 is 25.6 Å². The van der Waals surface area contributed by atoms with Crippen molar-refractivity contribution in [2.24, 2.45) is 0 Å². The maximum atomic E-state index is 13.8. The third-order valence-electron chi connectivity index (χ3n) is 8.47. The maximum Gasteiger partial charge on any atom is 0.256 e. The Labute approximate surface area is 260 Å². The molecule has 2 atom stereocenters. The molecular formula is C31H32Cl2N4O5S. The molecule has 2 fully saturated rings. The second-order valence-electron chi connectivity index (χ2n) is 11.4. The molecule has 3 aromatic rings. The molecule has 4 N–H and O–H groups in total. The SMILES string of the molecule is Cc1[nH]c(C=C2C(=O)Nc3ccc(S(=O)(=O)Cc4c(Cl)cccc4Cl)cc32)c(C)c1C(=O)N1CC[C@H](O)[C@H]1CNC1CC1. The van der Waals surface area contributed by atoms with Crippen LogP contribution < -0.4 is 10.6 Å². The molecule has 226 valence electrons. The molecule has 1 aromatic heterocycles. The van der Waals surface area contributed by atoms with E-state index in [1.165, 1.54) is 12.1 Å². The van der Waals surface area contributed by atoms with Crippen LogP contribution in [0.25, 0.3) is 11.6 Å². The van der Waals surface area contributed by atoms with Crippen LogP contribution in [0.2, 0.25) is 10.0 Å². The van der Waals surface area contributed by atoms with E-state index in [2.05, 4.69) is 15.6 Å². The van der Waals surface area contributed by atoms with Gasteiger partial charge in [-0.1, -0.05) is 29.3 Å². The zero-order chi connectivity index (χ0) is 30.6. The minimum absolute atomic E-state index is 0.0262. The van der Waals surface area contributed by atoms with Gasteiger partial charge in [0.15, 0.2) is 9.84 Å². The summed E-state index contributed by atoms with van der Waals surface area (Å²) in [6.07, 6.45) is 3.81. The Hall–Kier alpha value is -3.15. The van der Waals surface area contributed by atoms with Crippen LogP contribution in [0.1, 0.15) is 57.7 Å². The van der Waals surface area contributed by atoms with Gasteiger partial charge in [-0.2, -0.15) is 0 Å². The molecule has 12 heteroatoms. The highest BCUT2D eigenvalue weighted by atomic mass is 35.5. The number of hydrogen-bond donors (Lipinski definition) is 4. The number of likely N-dealkylation sites (tertiary alicyclic amines) is 1. The van der Waals surface area contributed by atoms with E-state index in [1.807, 2.05) is 6.92 Å². The zero-order valence-corrected chi connectivity index (χ0v) is 26.0. The number of hydrogen-bond acceptors (Lipinski definition) is 6. The summed E-state index contributed by atoms with van der Waals surface area (Å²) in [5.41, 5.74) is 3.90. The van der Waals surface area contributed by atoms with Crippen LogP contribution in [0.3, 0.4) is 0 Å². The molecule has 1 aliphatic carbocycles. The molecule has 1 saturated heterocycles. The summed E-state index contributed by atoms with van der Waals surface area (Å²) < 4.78 is 26.8. The van der Waals surface area contributed by atoms with Gasteiger partial charge in [-0.25, -0.2) is 8.42 Å². The summed E-state index contributed by atoms with van der Waals surface area (Å²) in [7, 11) is -3.86. The number of sulfone groups is 1. The van der Waals surface area contributed by atoms with E-state index in [0.717, 1.165) is 12.8 Å². The highest BCUT2D eigenvalue weighted by Crippen LogP contribution is 2.37. The summed E-state index contributed by atoms with van der Waals surface area (Å²) in [4.78, 5) is 31.8. The molecule has 2 aliphatic heterocycles. The quantitative estimate of drug-likeness (QED) is 0.263. The number of aliphatic hydroxyl groups is 1. The number of rotatable bonds is 8. The van der Waals surface area contributed by atoms with E-state index in [-0.39, 0.29) is 38.4 Å². The largest absolute Gasteiger partial charge is 0.391 e. The summed E-state index contributed by atoms with van der Waals surface area (Å²) in [5.74, 6) is -0.946. The average Bonchev–Trinajstić information content (AvgIpc) is 3.55. The number of aromatic amines is 1. The zero-order valence-electron chi connectivity index (χ0n) is 23.7. The lowest BCUT2D eigenvalue weighted by Gasteiger charge is -2.27. The van der Waals surface area contributed by atoms with Gasteiger partial charge in [0.25, 0.3) is 11.8 Å². The molecule has 9 nitrogen and oxygen atoms in total. The Bertz CT molecular complexity index is 1760. The van der Waals surface area contributed by atoms with E-state index in [1.54, 1.807) is 42.2 Å². The predicted octanol–water partition coefficient (Wildman–Crippen LogP) is 4.73. The second kappa shape index (κ2) is 11.4. The van der Waals surface area contributed by atoms with Gasteiger partial charge in [0.2, 0.25) is 0 Å². The topological polar surface area (TPSA) is 132 Å². The number of aromatic nitrogens is 1. The number of aryl methyl sites for hydroxylation is 1. The fraction of sp³-hybridized carbons (Fsp3) is 0.355. The standard InChI is InChI=1S/C31H32Cl2N4O5S/c1-16-26(35-17(2)29(16)31(40)37-11-10-28(38)27(37)14-34-18-6-7-18)13-21-20-12-19(8-9-25(20)36-30(21)39)43(41,42)15-22-23(32)4-3-5-24(22)33/h3-5,8-9,12-13,18,27-28,34-35,38H,6-7,10-11,14-15H2,1-2H3,(H,36,39)/t27-,28+/m1/s1. The number of aliphatic hydroxyl groups excluding tert-OH is 1. The molecule has 0 radical (unpaired) electrons. The molecule has 0 spiro atoms. The Morgan fingerprint density at radius 2 is 1.86 bits per heavy atom. The highest BCUT2D eigenvalue weighted by Gasteiger charge is 2.39. The number of amides is 2. The molecular weight excluding hydrogens is 611 g/mol. The Morgan fingerprint density at radius 3 is 2.56 bits per heavy atom. The number of carbonyl (C=O) groups excluding carboxylic acids is 2. The van der Waals surface area contributed by atoms with E-state index in [0.29, 0.717) is 64.9 Å². The fourth-order valence-corrected chi connectivity index (χ4v) is 8.01. The molecule has 0 bridgehead atoms. The normalized spacial score (nSPS) is 21.0. The summed E-state index contributed by atoms with van der Waals surface area (Å²) >= 11 is 12.5. The van der Waals surface area contributed by atoms with Crippen LogP contribution in [0.15, 0.2) is 41.3 Å². The van der Waals surface area contributed by atoms with E-state index < -0.39 is 21.7 Å². The molecule has 6 rings (SSSR count). The van der Waals surface area contributed by atoms with Crippen LogP contribution in [-0.2, 0) is 20.4 Å². The third-order valence-corrected chi connectivity index (χ3v) is 10.8. The van der Waals surface area contributed by atoms with Crippen LogP contribution in [0.4, 0.5) is 5.69 Å². The van der Waals surface area contributed by atoms with Gasteiger partial charge in [-0.05, 0) is 75.1 Å². The van der Waals surface area contributed by atoms with E-state index in [9.17, 15) is 23.1 Å². The maximum absolute atomic E-state index is 13.8. The highest BCUT2D eigenvalue weighted by molar-refractivity contribution is 7.90. The van der Waals surface area contributed by atoms with Crippen molar-refractivity contribution in [3.8, 4) is 0 Å². The number of fused-ring (bicyclic) bond motifs is 1. The number of H-pyrrole nitrogens is 1. The number of carbonyl (C=O) groups is 2. The number of nitrogens with zero attached hydrogens (tertiary/aromatic N) is 1. The summed E-state index contributed by atoms with van der Waals surface area (Å²) in [6, 6.07) is 9.45. The van der Waals surface area contributed by atoms with Crippen LogP contribution in [0.5, 0.6) is 0 Å². The lowest BCUT2D eigenvalue weighted by molar-refractivity contribution is -0.110. The summed E-state index contributed by atoms with van der Waals surface area (Å²) in [6.45, 7) is 4.63. The second-order valence-corrected chi connectivity index (χ2v) is 14.3. The van der Waals surface area contributed by atoms with Gasteiger partial charge in [0.05, 0.1) is 33.9 Å². The molecule has 1 saturated carbocycles. The van der Waals surface area contributed by atoms with Crippen molar-refractivity contribution >= 4 is 62.2 Å². The fourth-order valence-electron chi connectivity index (χ4n) is 5.89. The number of anilines is 1.